The minimum Gasteiger partial charge on any atom is -0.464 e. The Morgan fingerprint density at radius 1 is 0.699 bits per heavy atom. The van der Waals surface area contributed by atoms with E-state index >= 15 is 0 Å². The Bertz CT molecular complexity index is 2450. The Hall–Kier alpha value is -6.39. The quantitative estimate of drug-likeness (QED) is 0.0293. The maximum absolute atomic E-state index is 14.1. The summed E-state index contributed by atoms with van der Waals surface area (Å²) in [5.74, 6) is -4.07. The van der Waals surface area contributed by atoms with Crippen molar-refractivity contribution in [2.45, 2.75) is 169 Å². The molecule has 73 heavy (non-hydrogen) atoms. The zero-order valence-electron chi connectivity index (χ0n) is 44.7. The van der Waals surface area contributed by atoms with Crippen LogP contribution in [0.4, 0.5) is 4.79 Å². The molecule has 6 N–H and O–H groups in total. The second-order valence-corrected chi connectivity index (χ2v) is 27.0. The number of carbonyl (C=O) groups excluding carboxylic acids is 6. The zero-order valence-corrected chi connectivity index (χ0v) is 45.7. The number of carbonyl (C=O) groups is 6. The van der Waals surface area contributed by atoms with Gasteiger partial charge >= 0.3 is 12.1 Å². The maximum atomic E-state index is 14.1. The molecule has 4 rings (SSSR count). The largest absolute Gasteiger partial charge is 0.464 e. The number of ether oxygens (including phenoxy) is 3. The molecule has 1 aromatic carbocycles. The summed E-state index contributed by atoms with van der Waals surface area (Å²) in [6, 6.07) is 4.52. The summed E-state index contributed by atoms with van der Waals surface area (Å²) in [6.45, 7) is 25.7. The van der Waals surface area contributed by atoms with E-state index in [1.165, 1.54) is 6.26 Å². The lowest BCUT2D eigenvalue weighted by molar-refractivity contribution is -0.148. The van der Waals surface area contributed by atoms with E-state index in [2.05, 4.69) is 61.2 Å². The van der Waals surface area contributed by atoms with E-state index in [-0.39, 0.29) is 59.6 Å². The van der Waals surface area contributed by atoms with E-state index in [1.54, 1.807) is 48.5 Å². The fourth-order valence-corrected chi connectivity index (χ4v) is 7.87. The van der Waals surface area contributed by atoms with Crippen molar-refractivity contribution >= 4 is 43.8 Å². The van der Waals surface area contributed by atoms with Gasteiger partial charge in [0.1, 0.15) is 54.6 Å². The number of benzene rings is 1. The van der Waals surface area contributed by atoms with Gasteiger partial charge in [0, 0.05) is 14.5 Å². The summed E-state index contributed by atoms with van der Waals surface area (Å²) in [4.78, 5) is 94.3. The molecule has 3 aromatic heterocycles. The number of nitrogens with zero attached hydrogens (tertiary/aromatic N) is 3. The van der Waals surface area contributed by atoms with Crippen LogP contribution in [0, 0.1) is 11.8 Å². The van der Waals surface area contributed by atoms with Gasteiger partial charge in [-0.3, -0.25) is 19.2 Å². The number of aliphatic hydroxyl groups excluding tert-OH is 1. The average molecular weight is 1040 g/mol. The van der Waals surface area contributed by atoms with E-state index in [9.17, 15) is 33.9 Å². The highest BCUT2D eigenvalue weighted by molar-refractivity contribution is 6.76. The summed E-state index contributed by atoms with van der Waals surface area (Å²) in [7, 11) is -1.54. The highest BCUT2D eigenvalue weighted by atomic mass is 28.3. The van der Waals surface area contributed by atoms with E-state index in [4.69, 9.17) is 27.5 Å². The fourth-order valence-electron chi connectivity index (χ4n) is 7.16. The zero-order chi connectivity index (χ0) is 54.4. The van der Waals surface area contributed by atoms with Crippen LogP contribution < -0.4 is 26.6 Å². The van der Waals surface area contributed by atoms with Crippen molar-refractivity contribution in [2.75, 3.05) is 13.2 Å². The predicted molar refractivity (Wildman–Crippen MR) is 271 cm³/mol. The van der Waals surface area contributed by atoms with Crippen LogP contribution in [-0.4, -0.2) is 112 Å². The Morgan fingerprint density at radius 2 is 1.30 bits per heavy atom. The van der Waals surface area contributed by atoms with Gasteiger partial charge in [-0.25, -0.2) is 24.5 Å². The number of aromatic nitrogens is 3. The first-order chi connectivity index (χ1) is 34.1. The molecule has 0 spiro atoms. The van der Waals surface area contributed by atoms with Crippen molar-refractivity contribution in [3.8, 4) is 11.6 Å². The lowest BCUT2D eigenvalue weighted by atomic mass is 9.95. The van der Waals surface area contributed by atoms with Gasteiger partial charge in [-0.15, -0.1) is 0 Å². The third-order valence-electron chi connectivity index (χ3n) is 11.5. The summed E-state index contributed by atoms with van der Waals surface area (Å²) in [6.07, 6.45) is 3.04. The number of oxazole rings is 3. The normalized spacial score (nSPS) is 15.3. The van der Waals surface area contributed by atoms with E-state index in [0.29, 0.717) is 12.8 Å². The second kappa shape index (κ2) is 26.0. The third kappa shape index (κ3) is 18.6. The summed E-state index contributed by atoms with van der Waals surface area (Å²) < 4.78 is 34.1. The standard InChI is InChI=1S/C51H76N8O13Si/c1-15-29(3)38(59-49(66)72-51(9,10)11)43(63)57-39(30(4)16-2)47-56-37(28-70-47)46-55-35(26-69-46)41(61)53-34(25-60)45-54-36(27-68-45)42(62)58-40(31(5)71-50(6,7)8)44(64)52-33(24-32-20-18-17-19-21-32)48(65)67-22-23-73(12,13)14/h17-21,26-31,33-34,38-40,60H,15-16,22-25H2,1-14H3,(H,52,64)(H,53,61)(H,57,63)(H,58,62)(H,59,66)/t29-,30-,31-,33-,34-,38-,39-,40-/m0/s1. The van der Waals surface area contributed by atoms with Crippen LogP contribution in [0.2, 0.25) is 25.7 Å². The number of rotatable bonds is 25. The molecule has 402 valence electrons. The van der Waals surface area contributed by atoms with Gasteiger partial charge in [0.25, 0.3) is 11.8 Å². The molecule has 21 nitrogen and oxygen atoms in total. The van der Waals surface area contributed by atoms with Crippen molar-refractivity contribution in [3.05, 3.63) is 77.9 Å². The van der Waals surface area contributed by atoms with Crippen molar-refractivity contribution in [1.82, 2.24) is 41.5 Å². The van der Waals surface area contributed by atoms with Gasteiger partial charge in [-0.05, 0) is 71.9 Å². The fraction of sp³-hybridized carbons (Fsp3) is 0.588. The van der Waals surface area contributed by atoms with Gasteiger partial charge in [0.05, 0.1) is 24.9 Å². The maximum Gasteiger partial charge on any atom is 0.408 e. The average Bonchev–Trinajstić information content (AvgIpc) is 4.11. The molecule has 0 bridgehead atoms. The Labute approximate surface area is 428 Å². The molecule has 4 aromatic rings. The Balaban J connectivity index is 1.48. The lowest BCUT2D eigenvalue weighted by Crippen LogP contribution is -2.57. The smallest absolute Gasteiger partial charge is 0.408 e. The third-order valence-corrected chi connectivity index (χ3v) is 13.2. The predicted octanol–water partition coefficient (Wildman–Crippen LogP) is 6.83. The molecule has 22 heteroatoms. The van der Waals surface area contributed by atoms with Crippen LogP contribution in [-0.2, 0) is 35.0 Å². The molecule has 0 unspecified atom stereocenters. The number of aliphatic hydroxyl groups is 1. The first-order valence-electron chi connectivity index (χ1n) is 24.7. The van der Waals surface area contributed by atoms with Crippen LogP contribution >= 0.6 is 0 Å². The van der Waals surface area contributed by atoms with Crippen molar-refractivity contribution < 1.29 is 61.3 Å². The van der Waals surface area contributed by atoms with Crippen LogP contribution in [0.25, 0.3) is 11.6 Å². The molecule has 0 saturated carbocycles. The van der Waals surface area contributed by atoms with Crippen molar-refractivity contribution in [2.24, 2.45) is 11.8 Å². The van der Waals surface area contributed by atoms with E-state index in [1.807, 2.05) is 58.0 Å². The van der Waals surface area contributed by atoms with Crippen molar-refractivity contribution in [3.63, 3.8) is 0 Å². The second-order valence-electron chi connectivity index (χ2n) is 21.4. The highest BCUT2D eigenvalue weighted by Crippen LogP contribution is 2.28. The number of hydrogen-bond acceptors (Lipinski definition) is 16. The number of nitrogens with one attached hydrogen (secondary N) is 5. The molecule has 0 radical (unpaired) electrons. The molecule has 3 heterocycles. The SMILES string of the molecule is CC[C@H](C)[C@H](NC(=O)OC(C)(C)C)C(=O)N[C@H](c1nc(-c2nc(C(=O)N[C@@H](CO)c3nc(C(=O)N[C@H](C(=O)N[C@@H](Cc4ccccc4)C(=O)OCC[Si](C)(C)C)[C@H](C)OC(C)(C)C)co3)co2)co1)[C@@H](C)CC. The molecular weight excluding hydrogens is 961 g/mol. The molecule has 8 atom stereocenters. The molecule has 0 saturated heterocycles. The Kier molecular flexibility index (Phi) is 21.1. The topological polar surface area (TPSA) is 289 Å². The van der Waals surface area contributed by atoms with Crippen LogP contribution in [0.1, 0.15) is 139 Å². The van der Waals surface area contributed by atoms with Crippen molar-refractivity contribution in [1.29, 1.82) is 0 Å². The molecule has 0 aliphatic rings. The molecular formula is C51H76N8O13Si. The first-order valence-corrected chi connectivity index (χ1v) is 28.4. The molecule has 0 fully saturated rings. The first kappa shape index (κ1) is 59.2. The van der Waals surface area contributed by atoms with Gasteiger partial charge < -0.3 is 59.2 Å². The number of hydrogen-bond donors (Lipinski definition) is 6. The van der Waals surface area contributed by atoms with Gasteiger partial charge in [0.15, 0.2) is 17.1 Å². The number of esters is 1. The Morgan fingerprint density at radius 3 is 1.90 bits per heavy atom. The molecule has 0 aliphatic heterocycles. The minimum atomic E-state index is -1.54. The minimum absolute atomic E-state index is 0.0948. The molecule has 0 aliphatic carbocycles. The summed E-state index contributed by atoms with van der Waals surface area (Å²) >= 11 is 0. The van der Waals surface area contributed by atoms with Crippen LogP contribution in [0.3, 0.4) is 0 Å². The monoisotopic (exact) mass is 1040 g/mol. The van der Waals surface area contributed by atoms with Gasteiger partial charge in [0.2, 0.25) is 29.5 Å². The van der Waals surface area contributed by atoms with E-state index in [0.717, 1.165) is 24.1 Å². The van der Waals surface area contributed by atoms with E-state index < -0.39 is 97.9 Å². The van der Waals surface area contributed by atoms with Crippen LogP contribution in [0.15, 0.2) is 62.4 Å². The summed E-state index contributed by atoms with van der Waals surface area (Å²) in [5, 5.41) is 24.0. The molecule has 5 amide bonds. The van der Waals surface area contributed by atoms with Gasteiger partial charge in [-0.2, -0.15) is 0 Å². The summed E-state index contributed by atoms with van der Waals surface area (Å²) in [5.41, 5.74) is -1.12. The number of alkyl carbamates (subject to hydrolysis) is 1. The van der Waals surface area contributed by atoms with Crippen LogP contribution in [0.5, 0.6) is 0 Å². The highest BCUT2D eigenvalue weighted by Gasteiger charge is 2.37. The van der Waals surface area contributed by atoms with Gasteiger partial charge in [-0.1, -0.05) is 90.5 Å². The number of amides is 5. The lowest BCUT2D eigenvalue weighted by Gasteiger charge is -2.31.